The number of aromatic amines is 1. The smallest absolute Gasteiger partial charge is 0.295 e. The van der Waals surface area contributed by atoms with E-state index in [0.29, 0.717) is 11.4 Å². The predicted octanol–water partition coefficient (Wildman–Crippen LogP) is 6.71. The van der Waals surface area contributed by atoms with E-state index in [0.717, 1.165) is 39.8 Å². The van der Waals surface area contributed by atoms with Crippen LogP contribution in [0.15, 0.2) is 72.4 Å². The number of H-pyrrole nitrogens is 1. The number of ketones is 1. The van der Waals surface area contributed by atoms with Crippen LogP contribution in [0.1, 0.15) is 35.2 Å². The number of hydrogen-bond donors (Lipinski definition) is 2. The number of nitrogens with zero attached hydrogens (tertiary/aromatic N) is 1. The van der Waals surface area contributed by atoms with Gasteiger partial charge < -0.3 is 19.7 Å². The molecule has 1 aromatic heterocycles. The van der Waals surface area contributed by atoms with Crippen LogP contribution in [0.5, 0.6) is 5.75 Å². The van der Waals surface area contributed by atoms with Crippen molar-refractivity contribution in [1.29, 1.82) is 0 Å². The van der Waals surface area contributed by atoms with Crippen molar-refractivity contribution in [3.8, 4) is 5.75 Å². The average Bonchev–Trinajstić information content (AvgIpc) is 3.44. The number of methoxy groups -OCH3 is 1. The zero-order valence-corrected chi connectivity index (χ0v) is 22.4. The molecule has 1 saturated heterocycles. The highest BCUT2D eigenvalue weighted by atomic mass is 35.5. The van der Waals surface area contributed by atoms with Crippen LogP contribution < -0.4 is 4.74 Å². The molecule has 1 fully saturated rings. The maximum atomic E-state index is 13.4. The molecule has 5 rings (SSSR count). The summed E-state index contributed by atoms with van der Waals surface area (Å²) in [6, 6.07) is 17.3. The average molecular weight is 549 g/mol. The molecule has 0 unspecified atom stereocenters. The third-order valence-electron chi connectivity index (χ3n) is 7.03. The Morgan fingerprint density at radius 2 is 1.82 bits per heavy atom. The number of hydrogen-bond acceptors (Lipinski definition) is 4. The van der Waals surface area contributed by atoms with Gasteiger partial charge in [0.25, 0.3) is 11.7 Å². The second-order valence-corrected chi connectivity index (χ2v) is 10.0. The number of likely N-dealkylation sites (tertiary alicyclic amines) is 1. The van der Waals surface area contributed by atoms with E-state index in [-0.39, 0.29) is 28.5 Å². The SMILES string of the molecule is CCc1ccc([C@H]2C(=C(O)c3ccc(Cl)cc3Cl)C(=O)C(=O)N2CCc2c[nH]c3ccc(OC)cc23)cc1. The van der Waals surface area contributed by atoms with Gasteiger partial charge in [0.05, 0.1) is 23.7 Å². The summed E-state index contributed by atoms with van der Waals surface area (Å²) in [6.45, 7) is 2.32. The van der Waals surface area contributed by atoms with Gasteiger partial charge >= 0.3 is 0 Å². The first-order chi connectivity index (χ1) is 18.3. The van der Waals surface area contributed by atoms with Crippen molar-refractivity contribution < 1.29 is 19.4 Å². The lowest BCUT2D eigenvalue weighted by Gasteiger charge is -2.25. The van der Waals surface area contributed by atoms with Gasteiger partial charge in [-0.1, -0.05) is 54.4 Å². The van der Waals surface area contributed by atoms with E-state index in [1.807, 2.05) is 48.7 Å². The molecule has 1 aliphatic rings. The number of rotatable bonds is 7. The Bertz CT molecular complexity index is 1570. The highest BCUT2D eigenvalue weighted by Crippen LogP contribution is 2.41. The van der Waals surface area contributed by atoms with Gasteiger partial charge in [-0.3, -0.25) is 9.59 Å². The third kappa shape index (κ3) is 4.66. The Labute approximate surface area is 230 Å². The first-order valence-corrected chi connectivity index (χ1v) is 13.0. The number of fused-ring (bicyclic) bond motifs is 1. The molecule has 0 saturated carbocycles. The van der Waals surface area contributed by atoms with Gasteiger partial charge in [-0.25, -0.2) is 0 Å². The first kappa shape index (κ1) is 25.9. The van der Waals surface area contributed by atoms with E-state index >= 15 is 0 Å². The largest absolute Gasteiger partial charge is 0.507 e. The summed E-state index contributed by atoms with van der Waals surface area (Å²) in [5, 5.41) is 12.9. The van der Waals surface area contributed by atoms with Gasteiger partial charge in [-0.2, -0.15) is 0 Å². The van der Waals surface area contributed by atoms with Crippen LogP contribution in [0.25, 0.3) is 16.7 Å². The van der Waals surface area contributed by atoms with Crippen molar-refractivity contribution in [3.05, 3.63) is 105 Å². The molecule has 4 aromatic rings. The molecule has 6 nitrogen and oxygen atoms in total. The Hall–Kier alpha value is -3.74. The number of aryl methyl sites for hydroxylation is 1. The quantitative estimate of drug-likeness (QED) is 0.153. The number of carbonyl (C=O) groups is 2. The van der Waals surface area contributed by atoms with Crippen LogP contribution in [0, 0.1) is 0 Å². The number of halogens is 2. The predicted molar refractivity (Wildman–Crippen MR) is 150 cm³/mol. The molecule has 0 radical (unpaired) electrons. The second kappa shape index (κ2) is 10.6. The van der Waals surface area contributed by atoms with Gasteiger partial charge in [0.2, 0.25) is 0 Å². The van der Waals surface area contributed by atoms with Gasteiger partial charge in [-0.15, -0.1) is 0 Å². The maximum absolute atomic E-state index is 13.4. The minimum atomic E-state index is -0.771. The molecule has 2 N–H and O–H groups in total. The second-order valence-electron chi connectivity index (χ2n) is 9.19. The normalized spacial score (nSPS) is 16.9. The number of amides is 1. The fourth-order valence-corrected chi connectivity index (χ4v) is 5.45. The third-order valence-corrected chi connectivity index (χ3v) is 7.57. The lowest BCUT2D eigenvalue weighted by molar-refractivity contribution is -0.139. The minimum absolute atomic E-state index is 0.00377. The molecular formula is C30H26Cl2N2O4. The lowest BCUT2D eigenvalue weighted by Crippen LogP contribution is -2.31. The number of aliphatic hydroxyl groups excluding tert-OH is 1. The van der Waals surface area contributed by atoms with Crippen molar-refractivity contribution in [1.82, 2.24) is 9.88 Å². The molecule has 0 aliphatic carbocycles. The van der Waals surface area contributed by atoms with Crippen LogP contribution in [0.3, 0.4) is 0 Å². The minimum Gasteiger partial charge on any atom is -0.507 e. The molecule has 0 spiro atoms. The molecule has 0 bridgehead atoms. The summed E-state index contributed by atoms with van der Waals surface area (Å²) < 4.78 is 5.37. The van der Waals surface area contributed by atoms with E-state index in [2.05, 4.69) is 11.9 Å². The summed E-state index contributed by atoms with van der Waals surface area (Å²) in [4.78, 5) is 31.5. The number of aliphatic hydroxyl groups is 1. The number of carbonyl (C=O) groups excluding carboxylic acids is 2. The van der Waals surface area contributed by atoms with E-state index in [4.69, 9.17) is 27.9 Å². The molecule has 3 aromatic carbocycles. The molecule has 1 amide bonds. The van der Waals surface area contributed by atoms with Crippen molar-refractivity contribution in [2.24, 2.45) is 0 Å². The summed E-state index contributed by atoms with van der Waals surface area (Å²) in [5.74, 6) is -1.01. The fourth-order valence-electron chi connectivity index (χ4n) is 4.95. The molecule has 194 valence electrons. The van der Waals surface area contributed by atoms with E-state index < -0.39 is 17.7 Å². The molecule has 38 heavy (non-hydrogen) atoms. The molecule has 8 heteroatoms. The van der Waals surface area contributed by atoms with Crippen molar-refractivity contribution in [2.75, 3.05) is 13.7 Å². The number of ether oxygens (including phenoxy) is 1. The monoisotopic (exact) mass is 548 g/mol. The van der Waals surface area contributed by atoms with E-state index in [1.165, 1.54) is 11.0 Å². The van der Waals surface area contributed by atoms with E-state index in [1.54, 1.807) is 19.2 Å². The van der Waals surface area contributed by atoms with E-state index in [9.17, 15) is 14.7 Å². The van der Waals surface area contributed by atoms with Crippen molar-refractivity contribution in [3.63, 3.8) is 0 Å². The summed E-state index contributed by atoms with van der Waals surface area (Å²) in [6.07, 6.45) is 3.25. The topological polar surface area (TPSA) is 82.6 Å². The zero-order valence-electron chi connectivity index (χ0n) is 20.9. The molecule has 2 heterocycles. The van der Waals surface area contributed by atoms with Gasteiger partial charge in [-0.05, 0) is 65.9 Å². The van der Waals surface area contributed by atoms with Gasteiger partial charge in [0, 0.05) is 34.2 Å². The molecule has 1 aliphatic heterocycles. The Morgan fingerprint density at radius 3 is 2.50 bits per heavy atom. The maximum Gasteiger partial charge on any atom is 0.295 e. The number of aromatic nitrogens is 1. The summed E-state index contributed by atoms with van der Waals surface area (Å²) in [5.41, 5.74) is 4.04. The molecular weight excluding hydrogens is 523 g/mol. The Kier molecular flexibility index (Phi) is 7.19. The first-order valence-electron chi connectivity index (χ1n) is 12.3. The van der Waals surface area contributed by atoms with Crippen LogP contribution in [-0.2, 0) is 22.4 Å². The lowest BCUT2D eigenvalue weighted by atomic mass is 9.94. The van der Waals surface area contributed by atoms with Crippen LogP contribution in [-0.4, -0.2) is 40.3 Å². The molecule has 1 atom stereocenters. The standard InChI is InChI=1S/C30H26Cl2N2O4/c1-3-17-4-6-18(7-5-17)27-26(28(35)22-10-8-20(31)14-24(22)32)29(36)30(37)34(27)13-12-19-16-33-25-11-9-21(38-2)15-23(19)25/h4-11,14-16,27,33,35H,3,12-13H2,1-2H3/t27-/m0/s1. The fraction of sp³-hybridized carbons (Fsp3) is 0.200. The van der Waals surface area contributed by atoms with Crippen LogP contribution in [0.4, 0.5) is 0 Å². The highest BCUT2D eigenvalue weighted by molar-refractivity contribution is 6.47. The highest BCUT2D eigenvalue weighted by Gasteiger charge is 2.46. The van der Waals surface area contributed by atoms with Crippen LogP contribution >= 0.6 is 23.2 Å². The van der Waals surface area contributed by atoms with Gasteiger partial charge in [0.1, 0.15) is 11.5 Å². The summed E-state index contributed by atoms with van der Waals surface area (Å²) in [7, 11) is 1.61. The van der Waals surface area contributed by atoms with Crippen LogP contribution in [0.2, 0.25) is 10.0 Å². The zero-order chi connectivity index (χ0) is 27.0. The van der Waals surface area contributed by atoms with Crippen molar-refractivity contribution in [2.45, 2.75) is 25.8 Å². The number of benzene rings is 3. The van der Waals surface area contributed by atoms with Crippen molar-refractivity contribution >= 4 is 51.6 Å². The Morgan fingerprint density at radius 1 is 1.05 bits per heavy atom. The van der Waals surface area contributed by atoms with Gasteiger partial charge in [0.15, 0.2) is 0 Å². The summed E-state index contributed by atoms with van der Waals surface area (Å²) >= 11 is 12.4. The Balaban J connectivity index is 1.57. The number of Topliss-reactive ketones (excluding diaryl/α,β-unsaturated/α-hetero) is 1. The number of nitrogens with one attached hydrogen (secondary N) is 1.